The average Bonchev–Trinajstić information content (AvgIpc) is 2.81. The highest BCUT2D eigenvalue weighted by Crippen LogP contribution is 2.28. The van der Waals surface area contributed by atoms with Gasteiger partial charge in [0.2, 0.25) is 0 Å². The van der Waals surface area contributed by atoms with E-state index in [0.29, 0.717) is 17.5 Å². The first-order valence-electron chi connectivity index (χ1n) is 6.54. The van der Waals surface area contributed by atoms with Gasteiger partial charge in [-0.3, -0.25) is 4.90 Å². The molecule has 1 aliphatic heterocycles. The van der Waals surface area contributed by atoms with Gasteiger partial charge >= 0.3 is 0 Å². The predicted octanol–water partition coefficient (Wildman–Crippen LogP) is 3.18. The summed E-state index contributed by atoms with van der Waals surface area (Å²) >= 11 is 9.32. The molecule has 0 aliphatic carbocycles. The highest BCUT2D eigenvalue weighted by atomic mass is 79.9. The quantitative estimate of drug-likeness (QED) is 0.887. The van der Waals surface area contributed by atoms with E-state index in [0.717, 1.165) is 36.3 Å². The highest BCUT2D eigenvalue weighted by molar-refractivity contribution is 9.10. The van der Waals surface area contributed by atoms with Crippen LogP contribution in [0.3, 0.4) is 0 Å². The maximum Gasteiger partial charge on any atom is 0.133 e. The van der Waals surface area contributed by atoms with Crippen LogP contribution in [0, 0.1) is 5.92 Å². The van der Waals surface area contributed by atoms with Crippen LogP contribution in [0.2, 0.25) is 5.02 Å². The molecule has 106 valence electrons. The third-order valence-electron chi connectivity index (χ3n) is 3.55. The molecule has 0 amide bonds. The SMILES string of the molecule is CC(O)C1CCN(CCOc2ccc(Cl)cc2Br)C1. The second kappa shape index (κ2) is 6.93. The van der Waals surface area contributed by atoms with E-state index in [1.807, 2.05) is 25.1 Å². The minimum atomic E-state index is -0.212. The number of rotatable bonds is 5. The molecule has 5 heteroatoms. The standard InChI is InChI=1S/C14H19BrClNO2/c1-10(18)11-4-5-17(9-11)6-7-19-14-3-2-12(16)8-13(14)15/h2-3,8,10-11,18H,4-7,9H2,1H3. The summed E-state index contributed by atoms with van der Waals surface area (Å²) in [5.74, 6) is 1.22. The summed E-state index contributed by atoms with van der Waals surface area (Å²) in [7, 11) is 0. The van der Waals surface area contributed by atoms with Gasteiger partial charge in [0, 0.05) is 18.1 Å². The normalized spacial score (nSPS) is 21.6. The van der Waals surface area contributed by atoms with E-state index in [2.05, 4.69) is 20.8 Å². The summed E-state index contributed by atoms with van der Waals surface area (Å²) in [5, 5.41) is 10.3. The third-order valence-corrected chi connectivity index (χ3v) is 4.40. The molecule has 0 radical (unpaired) electrons. The summed E-state index contributed by atoms with van der Waals surface area (Å²) in [6, 6.07) is 5.52. The lowest BCUT2D eigenvalue weighted by molar-refractivity contribution is 0.125. The number of aliphatic hydroxyl groups excluding tert-OH is 1. The topological polar surface area (TPSA) is 32.7 Å². The molecule has 0 bridgehead atoms. The zero-order valence-corrected chi connectivity index (χ0v) is 13.3. The molecule has 2 atom stereocenters. The predicted molar refractivity (Wildman–Crippen MR) is 80.9 cm³/mol. The van der Waals surface area contributed by atoms with Crippen LogP contribution in [-0.2, 0) is 0 Å². The number of benzene rings is 1. The summed E-state index contributed by atoms with van der Waals surface area (Å²) in [4.78, 5) is 2.33. The van der Waals surface area contributed by atoms with Crippen molar-refractivity contribution in [3.63, 3.8) is 0 Å². The van der Waals surface area contributed by atoms with E-state index >= 15 is 0 Å². The third kappa shape index (κ3) is 4.35. The van der Waals surface area contributed by atoms with Crippen LogP contribution in [-0.4, -0.2) is 42.4 Å². The minimum absolute atomic E-state index is 0.212. The Labute approximate surface area is 127 Å². The largest absolute Gasteiger partial charge is 0.491 e. The van der Waals surface area contributed by atoms with E-state index in [4.69, 9.17) is 16.3 Å². The Hall–Kier alpha value is -0.290. The van der Waals surface area contributed by atoms with Crippen molar-refractivity contribution < 1.29 is 9.84 Å². The Morgan fingerprint density at radius 1 is 1.58 bits per heavy atom. The van der Waals surface area contributed by atoms with E-state index < -0.39 is 0 Å². The second-order valence-corrected chi connectivity index (χ2v) is 6.30. The number of nitrogens with zero attached hydrogens (tertiary/aromatic N) is 1. The van der Waals surface area contributed by atoms with Crippen LogP contribution in [0.4, 0.5) is 0 Å². The van der Waals surface area contributed by atoms with Gasteiger partial charge in [0.25, 0.3) is 0 Å². The van der Waals surface area contributed by atoms with Crippen molar-refractivity contribution >= 4 is 27.5 Å². The molecule has 0 aromatic heterocycles. The fourth-order valence-corrected chi connectivity index (χ4v) is 3.13. The maximum absolute atomic E-state index is 9.56. The number of ether oxygens (including phenoxy) is 1. The molecule has 3 nitrogen and oxygen atoms in total. The molecule has 1 heterocycles. The fraction of sp³-hybridized carbons (Fsp3) is 0.571. The molecule has 1 aromatic carbocycles. The van der Waals surface area contributed by atoms with Crippen molar-refractivity contribution in [3.05, 3.63) is 27.7 Å². The molecule has 2 rings (SSSR count). The number of hydrogen-bond donors (Lipinski definition) is 1. The number of likely N-dealkylation sites (tertiary alicyclic amines) is 1. The van der Waals surface area contributed by atoms with Crippen LogP contribution >= 0.6 is 27.5 Å². The van der Waals surface area contributed by atoms with E-state index in [1.165, 1.54) is 0 Å². The lowest BCUT2D eigenvalue weighted by Crippen LogP contribution is -2.28. The Morgan fingerprint density at radius 2 is 2.37 bits per heavy atom. The van der Waals surface area contributed by atoms with Gasteiger partial charge in [-0.15, -0.1) is 0 Å². The van der Waals surface area contributed by atoms with E-state index in [1.54, 1.807) is 0 Å². The van der Waals surface area contributed by atoms with E-state index in [9.17, 15) is 5.11 Å². The van der Waals surface area contributed by atoms with Crippen LogP contribution in [0.15, 0.2) is 22.7 Å². The lowest BCUT2D eigenvalue weighted by Gasteiger charge is -2.17. The number of aliphatic hydroxyl groups is 1. The zero-order chi connectivity index (χ0) is 13.8. The molecule has 0 spiro atoms. The first-order chi connectivity index (χ1) is 9.06. The molecule has 2 unspecified atom stereocenters. The maximum atomic E-state index is 9.56. The zero-order valence-electron chi connectivity index (χ0n) is 11.0. The second-order valence-electron chi connectivity index (χ2n) is 5.01. The molecular weight excluding hydrogens is 330 g/mol. The summed E-state index contributed by atoms with van der Waals surface area (Å²) in [5.41, 5.74) is 0. The van der Waals surface area contributed by atoms with Crippen molar-refractivity contribution in [2.75, 3.05) is 26.2 Å². The van der Waals surface area contributed by atoms with E-state index in [-0.39, 0.29) is 6.10 Å². The van der Waals surface area contributed by atoms with Crippen LogP contribution in [0.25, 0.3) is 0 Å². The highest BCUT2D eigenvalue weighted by Gasteiger charge is 2.25. The fourth-order valence-electron chi connectivity index (χ4n) is 2.34. The van der Waals surface area contributed by atoms with Gasteiger partial charge in [0.15, 0.2) is 0 Å². The van der Waals surface area contributed by atoms with Crippen molar-refractivity contribution in [2.45, 2.75) is 19.4 Å². The first kappa shape index (κ1) is 15.1. The van der Waals surface area contributed by atoms with Gasteiger partial charge in [0.1, 0.15) is 12.4 Å². The van der Waals surface area contributed by atoms with Gasteiger partial charge < -0.3 is 9.84 Å². The molecule has 1 fully saturated rings. The van der Waals surface area contributed by atoms with Crippen LogP contribution in [0.5, 0.6) is 5.75 Å². The lowest BCUT2D eigenvalue weighted by atomic mass is 10.0. The van der Waals surface area contributed by atoms with Crippen molar-refractivity contribution in [2.24, 2.45) is 5.92 Å². The van der Waals surface area contributed by atoms with Gasteiger partial charge in [-0.2, -0.15) is 0 Å². The Balaban J connectivity index is 1.75. The summed E-state index contributed by atoms with van der Waals surface area (Å²) in [6.07, 6.45) is 0.860. The summed E-state index contributed by atoms with van der Waals surface area (Å²) in [6.45, 7) is 5.41. The molecule has 1 N–H and O–H groups in total. The minimum Gasteiger partial charge on any atom is -0.491 e. The molecule has 0 saturated carbocycles. The van der Waals surface area contributed by atoms with Crippen LogP contribution in [0.1, 0.15) is 13.3 Å². The Bertz CT molecular complexity index is 428. The molecule has 1 aliphatic rings. The molecular formula is C14H19BrClNO2. The number of halogens is 2. The van der Waals surface area contributed by atoms with Gasteiger partial charge in [0.05, 0.1) is 10.6 Å². The molecule has 1 saturated heterocycles. The van der Waals surface area contributed by atoms with Gasteiger partial charge in [-0.1, -0.05) is 11.6 Å². The number of hydrogen-bond acceptors (Lipinski definition) is 3. The summed E-state index contributed by atoms with van der Waals surface area (Å²) < 4.78 is 6.62. The molecule has 1 aromatic rings. The average molecular weight is 349 g/mol. The smallest absolute Gasteiger partial charge is 0.133 e. The first-order valence-corrected chi connectivity index (χ1v) is 7.71. The van der Waals surface area contributed by atoms with Gasteiger partial charge in [-0.25, -0.2) is 0 Å². The Morgan fingerprint density at radius 3 is 3.00 bits per heavy atom. The monoisotopic (exact) mass is 347 g/mol. The van der Waals surface area contributed by atoms with Crippen molar-refractivity contribution in [1.29, 1.82) is 0 Å². The molecule has 19 heavy (non-hydrogen) atoms. The van der Waals surface area contributed by atoms with Crippen LogP contribution < -0.4 is 4.74 Å². The van der Waals surface area contributed by atoms with Gasteiger partial charge in [-0.05, 0) is 59.9 Å². The van der Waals surface area contributed by atoms with Crippen molar-refractivity contribution in [1.82, 2.24) is 4.90 Å². The van der Waals surface area contributed by atoms with Crippen molar-refractivity contribution in [3.8, 4) is 5.75 Å². The Kier molecular flexibility index (Phi) is 5.51.